The first kappa shape index (κ1) is 14.9. The van der Waals surface area contributed by atoms with Crippen molar-refractivity contribution in [1.29, 1.82) is 0 Å². The lowest BCUT2D eigenvalue weighted by atomic mass is 10.2. The number of anilines is 1. The van der Waals surface area contributed by atoms with E-state index in [-0.39, 0.29) is 5.56 Å². The smallest absolute Gasteiger partial charge is 0.339 e. The summed E-state index contributed by atoms with van der Waals surface area (Å²) in [5.74, 6) is -1.18. The average Bonchev–Trinajstić information content (AvgIpc) is 3.03. The molecule has 1 aromatic carbocycles. The van der Waals surface area contributed by atoms with E-state index in [2.05, 4.69) is 14.1 Å². The summed E-state index contributed by atoms with van der Waals surface area (Å²) < 4.78 is 13.6. The molecule has 0 saturated heterocycles. The van der Waals surface area contributed by atoms with E-state index in [4.69, 9.17) is 4.74 Å². The number of aromatic nitrogens is 3. The van der Waals surface area contributed by atoms with E-state index in [1.165, 1.54) is 24.5 Å². The van der Waals surface area contributed by atoms with Gasteiger partial charge in [0.05, 0.1) is 23.0 Å². The molecule has 1 N–H and O–H groups in total. The van der Waals surface area contributed by atoms with E-state index in [0.717, 1.165) is 11.7 Å². The van der Waals surface area contributed by atoms with Crippen LogP contribution in [0.15, 0.2) is 42.7 Å². The van der Waals surface area contributed by atoms with Crippen LogP contribution in [0.1, 0.15) is 10.4 Å². The van der Waals surface area contributed by atoms with Crippen LogP contribution in [0.4, 0.5) is 5.69 Å². The zero-order chi connectivity index (χ0) is 16.2. The van der Waals surface area contributed by atoms with Crippen LogP contribution in [-0.2, 0) is 9.53 Å². The summed E-state index contributed by atoms with van der Waals surface area (Å²) in [4.78, 5) is 23.6. The molecule has 0 unspecified atom stereocenters. The summed E-state index contributed by atoms with van der Waals surface area (Å²) in [6.07, 6.45) is 2.35. The van der Waals surface area contributed by atoms with E-state index < -0.39 is 18.5 Å². The van der Waals surface area contributed by atoms with Crippen molar-refractivity contribution in [2.24, 2.45) is 0 Å². The second kappa shape index (κ2) is 6.36. The van der Waals surface area contributed by atoms with Crippen molar-refractivity contribution in [1.82, 2.24) is 8.75 Å². The normalized spacial score (nSPS) is 10.4. The zero-order valence-corrected chi connectivity index (χ0v) is 12.4. The number of pyridine rings is 1. The van der Waals surface area contributed by atoms with Gasteiger partial charge in [0.15, 0.2) is 19.0 Å². The molecule has 0 atom stereocenters. The molecule has 0 bridgehead atoms. The van der Waals surface area contributed by atoms with E-state index in [1.54, 1.807) is 18.2 Å². The van der Waals surface area contributed by atoms with Crippen molar-refractivity contribution >= 4 is 40.3 Å². The van der Waals surface area contributed by atoms with Gasteiger partial charge in [-0.2, -0.15) is 13.5 Å². The van der Waals surface area contributed by atoms with Gasteiger partial charge in [0, 0.05) is 12.1 Å². The van der Waals surface area contributed by atoms with Crippen LogP contribution < -0.4 is 10.0 Å². The van der Waals surface area contributed by atoms with Gasteiger partial charge in [0.1, 0.15) is 11.0 Å². The topological polar surface area (TPSA) is 108 Å². The number of ether oxygens (including phenoxy) is 1. The highest BCUT2D eigenvalue weighted by molar-refractivity contribution is 7.00. The molecule has 0 spiro atoms. The Morgan fingerprint density at radius 3 is 2.78 bits per heavy atom. The number of hydrogen-bond acceptors (Lipinski definition) is 7. The fourth-order valence-electron chi connectivity index (χ4n) is 1.86. The minimum absolute atomic E-state index is 0.190. The van der Waals surface area contributed by atoms with Gasteiger partial charge >= 0.3 is 5.97 Å². The predicted molar refractivity (Wildman–Crippen MR) is 81.7 cm³/mol. The van der Waals surface area contributed by atoms with Crippen molar-refractivity contribution in [3.8, 4) is 0 Å². The van der Waals surface area contributed by atoms with Gasteiger partial charge in [-0.1, -0.05) is 6.07 Å². The molecular weight excluding hydrogens is 320 g/mol. The van der Waals surface area contributed by atoms with Crippen molar-refractivity contribution < 1.29 is 19.1 Å². The third-order valence-electron chi connectivity index (χ3n) is 2.93. The number of hydrogen-bond donors (Lipinski definition) is 1. The molecule has 2 heterocycles. The second-order valence-corrected chi connectivity index (χ2v) is 5.04. The van der Waals surface area contributed by atoms with Crippen LogP contribution in [0.2, 0.25) is 0 Å². The number of amides is 1. The van der Waals surface area contributed by atoms with Crippen LogP contribution in [0.25, 0.3) is 11.0 Å². The fourth-order valence-corrected chi connectivity index (χ4v) is 2.41. The van der Waals surface area contributed by atoms with Crippen LogP contribution in [0, 0.1) is 5.21 Å². The summed E-state index contributed by atoms with van der Waals surface area (Å²) in [5, 5.41) is 13.5. The number of fused-ring (bicyclic) bond motifs is 1. The molecule has 0 saturated carbocycles. The van der Waals surface area contributed by atoms with Gasteiger partial charge in [-0.3, -0.25) is 4.79 Å². The number of rotatable bonds is 4. The Morgan fingerprint density at radius 1 is 1.22 bits per heavy atom. The molecule has 0 aliphatic heterocycles. The Kier molecular flexibility index (Phi) is 4.11. The van der Waals surface area contributed by atoms with Gasteiger partial charge < -0.3 is 15.3 Å². The Morgan fingerprint density at radius 2 is 2.00 bits per heavy atom. The molecule has 3 rings (SSSR count). The maximum Gasteiger partial charge on any atom is 0.339 e. The minimum atomic E-state index is -0.686. The Labute approximate surface area is 134 Å². The minimum Gasteiger partial charge on any atom is -0.619 e. The van der Waals surface area contributed by atoms with Gasteiger partial charge in [-0.05, 0) is 12.1 Å². The van der Waals surface area contributed by atoms with Gasteiger partial charge in [0.2, 0.25) is 0 Å². The molecular formula is C14H10N4O4S. The first-order valence-corrected chi connectivity index (χ1v) is 7.23. The van der Waals surface area contributed by atoms with Crippen molar-refractivity contribution in [3.05, 3.63) is 53.5 Å². The molecule has 2 aromatic heterocycles. The van der Waals surface area contributed by atoms with Gasteiger partial charge in [-0.25, -0.2) is 4.79 Å². The molecule has 8 nitrogen and oxygen atoms in total. The number of esters is 1. The van der Waals surface area contributed by atoms with E-state index in [9.17, 15) is 14.8 Å². The van der Waals surface area contributed by atoms with Crippen molar-refractivity contribution in [2.75, 3.05) is 11.9 Å². The summed E-state index contributed by atoms with van der Waals surface area (Å²) in [5.41, 5.74) is 1.96. The van der Waals surface area contributed by atoms with Gasteiger partial charge in [-0.15, -0.1) is 0 Å². The fraction of sp³-hybridized carbons (Fsp3) is 0.0714. The molecule has 0 fully saturated rings. The third-order valence-corrected chi connectivity index (χ3v) is 3.47. The van der Waals surface area contributed by atoms with Crippen LogP contribution in [0.5, 0.6) is 0 Å². The highest BCUT2D eigenvalue weighted by atomic mass is 32.1. The van der Waals surface area contributed by atoms with Crippen molar-refractivity contribution in [2.45, 2.75) is 0 Å². The molecule has 0 aliphatic carbocycles. The summed E-state index contributed by atoms with van der Waals surface area (Å²) in [7, 11) is 0. The average molecular weight is 330 g/mol. The summed E-state index contributed by atoms with van der Waals surface area (Å²) in [6, 6.07) is 7.84. The molecule has 3 aromatic rings. The lowest BCUT2D eigenvalue weighted by molar-refractivity contribution is -0.605. The standard InChI is InChI=1S/C14H10N4O4S/c19-12(8-22-14(20)9-4-6-18(21)7-5-9)15-10-2-1-3-11-13(10)17-23-16-11/h1-7H,8H2,(H,15,19). The molecule has 0 aliphatic rings. The Bertz CT molecular complexity index is 863. The van der Waals surface area contributed by atoms with Gasteiger partial charge in [0.25, 0.3) is 5.91 Å². The molecule has 23 heavy (non-hydrogen) atoms. The van der Waals surface area contributed by atoms with Crippen LogP contribution in [0.3, 0.4) is 0 Å². The van der Waals surface area contributed by atoms with E-state index in [1.807, 2.05) is 0 Å². The maximum atomic E-state index is 11.9. The molecule has 1 amide bonds. The quantitative estimate of drug-likeness (QED) is 0.436. The highest BCUT2D eigenvalue weighted by Gasteiger charge is 2.13. The van der Waals surface area contributed by atoms with E-state index in [0.29, 0.717) is 21.5 Å². The first-order valence-electron chi connectivity index (χ1n) is 6.50. The number of nitrogens with one attached hydrogen (secondary N) is 1. The monoisotopic (exact) mass is 330 g/mol. The molecule has 0 radical (unpaired) electrons. The summed E-state index contributed by atoms with van der Waals surface area (Å²) >= 11 is 1.05. The Hall–Kier alpha value is -3.07. The molecule has 116 valence electrons. The Balaban J connectivity index is 1.60. The van der Waals surface area contributed by atoms with E-state index >= 15 is 0 Å². The number of carbonyl (C=O) groups is 2. The predicted octanol–water partition coefficient (Wildman–Crippen LogP) is 1.12. The van der Waals surface area contributed by atoms with Crippen molar-refractivity contribution in [3.63, 3.8) is 0 Å². The number of nitrogens with zero attached hydrogens (tertiary/aromatic N) is 3. The third kappa shape index (κ3) is 3.40. The summed E-state index contributed by atoms with van der Waals surface area (Å²) in [6.45, 7) is -0.445. The highest BCUT2D eigenvalue weighted by Crippen LogP contribution is 2.20. The SMILES string of the molecule is O=C(COC(=O)c1cc[n+]([O-])cc1)Nc1cccc2nsnc12. The lowest BCUT2D eigenvalue weighted by Gasteiger charge is -2.06. The van der Waals surface area contributed by atoms with Crippen LogP contribution >= 0.6 is 11.7 Å². The zero-order valence-electron chi connectivity index (χ0n) is 11.6. The lowest BCUT2D eigenvalue weighted by Crippen LogP contribution is -2.25. The largest absolute Gasteiger partial charge is 0.619 e. The number of carbonyl (C=O) groups excluding carboxylic acids is 2. The first-order chi connectivity index (χ1) is 11.1. The molecule has 9 heteroatoms. The number of benzene rings is 1. The second-order valence-electron chi connectivity index (χ2n) is 4.51. The maximum absolute atomic E-state index is 11.9. The van der Waals surface area contributed by atoms with Crippen LogP contribution in [-0.4, -0.2) is 27.2 Å².